The quantitative estimate of drug-likeness (QED) is 0.776. The Kier molecular flexibility index (Phi) is 6.53. The first kappa shape index (κ1) is 20.1. The van der Waals surface area contributed by atoms with E-state index >= 15 is 0 Å². The second-order valence-electron chi connectivity index (χ2n) is 5.70. The fourth-order valence-corrected chi connectivity index (χ4v) is 2.79. The molecule has 0 aliphatic carbocycles. The minimum Gasteiger partial charge on any atom is -0.487 e. The molecular weight excluding hydrogens is 367 g/mol. The zero-order chi connectivity index (χ0) is 19.3. The molecule has 7 heteroatoms. The summed E-state index contributed by atoms with van der Waals surface area (Å²) >= 11 is 6.14. The number of rotatable bonds is 6. The first-order chi connectivity index (χ1) is 12.3. The van der Waals surface area contributed by atoms with Crippen LogP contribution in [0, 0.1) is 0 Å². The van der Waals surface area contributed by atoms with E-state index in [-0.39, 0.29) is 30.1 Å². The summed E-state index contributed by atoms with van der Waals surface area (Å²) in [4.78, 5) is 11.6. The highest BCUT2D eigenvalue weighted by atomic mass is 35.5. The van der Waals surface area contributed by atoms with Gasteiger partial charge in [-0.25, -0.2) is 0 Å². The van der Waals surface area contributed by atoms with Crippen LogP contribution in [-0.2, 0) is 30.4 Å². The van der Waals surface area contributed by atoms with E-state index in [1.165, 1.54) is 19.2 Å². The normalized spacial score (nSPS) is 11.3. The summed E-state index contributed by atoms with van der Waals surface area (Å²) in [6.07, 6.45) is -3.93. The van der Waals surface area contributed by atoms with Crippen molar-refractivity contribution in [1.29, 1.82) is 0 Å². The van der Waals surface area contributed by atoms with Crippen LogP contribution in [0.15, 0.2) is 36.4 Å². The maximum atomic E-state index is 13.4. The van der Waals surface area contributed by atoms with E-state index in [9.17, 15) is 18.0 Å². The monoisotopic (exact) mass is 385 g/mol. The van der Waals surface area contributed by atoms with Crippen molar-refractivity contribution < 1.29 is 22.7 Å². The molecule has 0 radical (unpaired) electrons. The van der Waals surface area contributed by atoms with E-state index in [1.54, 1.807) is 12.1 Å². The minimum atomic E-state index is -4.55. The maximum absolute atomic E-state index is 13.4. The van der Waals surface area contributed by atoms with Crippen molar-refractivity contribution >= 4 is 17.5 Å². The van der Waals surface area contributed by atoms with Crippen molar-refractivity contribution in [2.45, 2.75) is 32.5 Å². The molecule has 2 rings (SSSR count). The van der Waals surface area contributed by atoms with Crippen LogP contribution in [0.4, 0.5) is 13.2 Å². The van der Waals surface area contributed by atoms with Crippen molar-refractivity contribution in [2.75, 3.05) is 7.05 Å². The van der Waals surface area contributed by atoms with Gasteiger partial charge in [-0.15, -0.1) is 0 Å². The lowest BCUT2D eigenvalue weighted by molar-refractivity contribution is -0.138. The van der Waals surface area contributed by atoms with Crippen LogP contribution in [0.2, 0.25) is 5.02 Å². The largest absolute Gasteiger partial charge is 0.487 e. The molecule has 2 aromatic rings. The van der Waals surface area contributed by atoms with Crippen LogP contribution in [0.25, 0.3) is 0 Å². The average Bonchev–Trinajstić information content (AvgIpc) is 2.60. The van der Waals surface area contributed by atoms with E-state index in [0.29, 0.717) is 10.8 Å². The molecule has 0 fully saturated rings. The molecule has 0 heterocycles. The summed E-state index contributed by atoms with van der Waals surface area (Å²) in [5, 5.41) is 2.75. The number of halogens is 4. The molecule has 0 spiro atoms. The Hall–Kier alpha value is -2.21. The highest BCUT2D eigenvalue weighted by Gasteiger charge is 2.34. The number of aryl methyl sites for hydroxylation is 1. The highest BCUT2D eigenvalue weighted by molar-refractivity contribution is 6.32. The number of carbonyl (C=O) groups is 1. The van der Waals surface area contributed by atoms with Crippen LogP contribution in [0.5, 0.6) is 5.75 Å². The molecule has 3 nitrogen and oxygen atoms in total. The number of hydrogen-bond donors (Lipinski definition) is 1. The summed E-state index contributed by atoms with van der Waals surface area (Å²) < 4.78 is 45.7. The van der Waals surface area contributed by atoms with Gasteiger partial charge in [0.25, 0.3) is 0 Å². The van der Waals surface area contributed by atoms with Gasteiger partial charge in [0.2, 0.25) is 5.91 Å². The van der Waals surface area contributed by atoms with Gasteiger partial charge >= 0.3 is 6.18 Å². The second-order valence-corrected chi connectivity index (χ2v) is 6.11. The van der Waals surface area contributed by atoms with E-state index < -0.39 is 11.7 Å². The number of nitrogens with one attached hydrogen (secondary N) is 1. The van der Waals surface area contributed by atoms with Crippen molar-refractivity contribution in [2.24, 2.45) is 0 Å². The smallest absolute Gasteiger partial charge is 0.416 e. The third-order valence-corrected chi connectivity index (χ3v) is 4.28. The lowest BCUT2D eigenvalue weighted by atomic mass is 9.98. The fourth-order valence-electron chi connectivity index (χ4n) is 2.53. The van der Waals surface area contributed by atoms with Gasteiger partial charge in [0.15, 0.2) is 0 Å². The number of alkyl halides is 3. The van der Waals surface area contributed by atoms with Crippen LogP contribution in [0.3, 0.4) is 0 Å². The molecule has 140 valence electrons. The van der Waals surface area contributed by atoms with E-state index in [0.717, 1.165) is 18.1 Å². The van der Waals surface area contributed by atoms with Gasteiger partial charge in [-0.1, -0.05) is 36.7 Å². The summed E-state index contributed by atoms with van der Waals surface area (Å²) in [5.74, 6) is -0.0809. The predicted molar refractivity (Wildman–Crippen MR) is 94.4 cm³/mol. The zero-order valence-electron chi connectivity index (χ0n) is 14.4. The van der Waals surface area contributed by atoms with Gasteiger partial charge in [-0.05, 0) is 35.7 Å². The highest BCUT2D eigenvalue weighted by Crippen LogP contribution is 2.35. The number of ether oxygens (including phenoxy) is 1. The third-order valence-electron chi connectivity index (χ3n) is 3.98. The number of benzene rings is 2. The Morgan fingerprint density at radius 3 is 2.54 bits per heavy atom. The lowest BCUT2D eigenvalue weighted by Crippen LogP contribution is -2.22. The molecule has 0 unspecified atom stereocenters. The Bertz CT molecular complexity index is 791. The van der Waals surface area contributed by atoms with Crippen molar-refractivity contribution in [3.63, 3.8) is 0 Å². The van der Waals surface area contributed by atoms with Gasteiger partial charge in [-0.3, -0.25) is 4.79 Å². The molecule has 1 N–H and O–H groups in total. The standard InChI is InChI=1S/C19H19ClF3NO2/c1-3-12-7-8-17(16(20)9-12)26-11-14-13(10-18(25)24-2)5-4-6-15(14)19(21,22)23/h4-9H,3,10-11H2,1-2H3,(H,24,25). The zero-order valence-corrected chi connectivity index (χ0v) is 15.2. The summed E-state index contributed by atoms with van der Waals surface area (Å²) in [5.41, 5.74) is 0.373. The number of hydrogen-bond acceptors (Lipinski definition) is 2. The SMILES string of the molecule is CCc1ccc(OCc2c(CC(=O)NC)cccc2C(F)(F)F)c(Cl)c1. The topological polar surface area (TPSA) is 38.3 Å². The van der Waals surface area contributed by atoms with Gasteiger partial charge < -0.3 is 10.1 Å². The fraction of sp³-hybridized carbons (Fsp3) is 0.316. The molecule has 26 heavy (non-hydrogen) atoms. The summed E-state index contributed by atoms with van der Waals surface area (Å²) in [6.45, 7) is 1.63. The number of likely N-dealkylation sites (N-methyl/N-ethyl adjacent to an activating group) is 1. The first-order valence-electron chi connectivity index (χ1n) is 8.06. The minimum absolute atomic E-state index is 0.0702. The van der Waals surface area contributed by atoms with Gasteiger partial charge in [-0.2, -0.15) is 13.2 Å². The molecule has 0 bridgehead atoms. The summed E-state index contributed by atoms with van der Waals surface area (Å²) in [7, 11) is 1.43. The second kappa shape index (κ2) is 8.45. The molecular formula is C19H19ClF3NO2. The molecule has 0 aliphatic rings. The summed E-state index contributed by atoms with van der Waals surface area (Å²) in [6, 6.07) is 8.92. The van der Waals surface area contributed by atoms with Crippen molar-refractivity contribution in [3.8, 4) is 5.75 Å². The first-order valence-corrected chi connectivity index (χ1v) is 8.43. The van der Waals surface area contributed by atoms with Gasteiger partial charge in [0.1, 0.15) is 12.4 Å². The molecule has 2 aromatic carbocycles. The lowest BCUT2D eigenvalue weighted by Gasteiger charge is -2.18. The Morgan fingerprint density at radius 1 is 1.23 bits per heavy atom. The number of carbonyl (C=O) groups excluding carboxylic acids is 1. The molecule has 0 saturated heterocycles. The molecule has 0 aromatic heterocycles. The molecule has 0 aliphatic heterocycles. The van der Waals surface area contributed by atoms with Crippen LogP contribution in [0.1, 0.15) is 29.2 Å². The third kappa shape index (κ3) is 4.91. The van der Waals surface area contributed by atoms with Crippen LogP contribution in [-0.4, -0.2) is 13.0 Å². The van der Waals surface area contributed by atoms with Crippen molar-refractivity contribution in [1.82, 2.24) is 5.32 Å². The Morgan fingerprint density at radius 2 is 1.96 bits per heavy atom. The molecule has 0 saturated carbocycles. The average molecular weight is 386 g/mol. The van der Waals surface area contributed by atoms with Crippen molar-refractivity contribution in [3.05, 3.63) is 63.7 Å². The Labute approximate surface area is 155 Å². The molecule has 0 atom stereocenters. The van der Waals surface area contributed by atoms with Gasteiger partial charge in [0, 0.05) is 12.6 Å². The van der Waals surface area contributed by atoms with E-state index in [4.69, 9.17) is 16.3 Å². The van der Waals surface area contributed by atoms with Crippen LogP contribution >= 0.6 is 11.6 Å². The van der Waals surface area contributed by atoms with Gasteiger partial charge in [0.05, 0.1) is 17.0 Å². The predicted octanol–water partition coefficient (Wildman–Crippen LogP) is 4.79. The maximum Gasteiger partial charge on any atom is 0.416 e. The Balaban J connectivity index is 2.35. The van der Waals surface area contributed by atoms with E-state index in [1.807, 2.05) is 13.0 Å². The number of amides is 1. The van der Waals surface area contributed by atoms with Crippen LogP contribution < -0.4 is 10.1 Å². The van der Waals surface area contributed by atoms with E-state index in [2.05, 4.69) is 5.32 Å². The molecule has 1 amide bonds.